The SMILES string of the molecule is CCc1ccc(OC)c(NCCCCO)c1. The summed E-state index contributed by atoms with van der Waals surface area (Å²) in [6.45, 7) is 3.26. The Bertz CT molecular complexity index is 313. The molecule has 0 spiro atoms. The lowest BCUT2D eigenvalue weighted by Gasteiger charge is -2.12. The molecule has 90 valence electrons. The van der Waals surface area contributed by atoms with Gasteiger partial charge in [-0.05, 0) is 37.0 Å². The average Bonchev–Trinajstić information content (AvgIpc) is 2.34. The molecule has 0 fully saturated rings. The summed E-state index contributed by atoms with van der Waals surface area (Å²) in [6.07, 6.45) is 2.83. The Balaban J connectivity index is 2.60. The number of hydrogen-bond acceptors (Lipinski definition) is 3. The summed E-state index contributed by atoms with van der Waals surface area (Å²) in [4.78, 5) is 0. The van der Waals surface area contributed by atoms with Crippen LogP contribution in [0.5, 0.6) is 5.75 Å². The Morgan fingerprint density at radius 3 is 2.75 bits per heavy atom. The predicted octanol–water partition coefficient (Wildman–Crippen LogP) is 2.44. The van der Waals surface area contributed by atoms with E-state index in [1.54, 1.807) is 7.11 Å². The first kappa shape index (κ1) is 12.8. The van der Waals surface area contributed by atoms with Crippen LogP contribution in [0.4, 0.5) is 5.69 Å². The summed E-state index contributed by atoms with van der Waals surface area (Å²) in [5.74, 6) is 0.876. The van der Waals surface area contributed by atoms with Gasteiger partial charge in [-0.3, -0.25) is 0 Å². The topological polar surface area (TPSA) is 41.5 Å². The second-order valence-corrected chi connectivity index (χ2v) is 3.75. The third-order valence-electron chi connectivity index (χ3n) is 2.57. The van der Waals surface area contributed by atoms with Crippen LogP contribution in [-0.4, -0.2) is 25.4 Å². The van der Waals surface area contributed by atoms with E-state index in [4.69, 9.17) is 9.84 Å². The van der Waals surface area contributed by atoms with Crippen LogP contribution >= 0.6 is 0 Å². The van der Waals surface area contributed by atoms with Crippen LogP contribution in [0, 0.1) is 0 Å². The van der Waals surface area contributed by atoms with Crippen LogP contribution < -0.4 is 10.1 Å². The first-order chi connectivity index (χ1) is 7.81. The first-order valence-corrected chi connectivity index (χ1v) is 5.83. The normalized spacial score (nSPS) is 10.2. The fraction of sp³-hybridized carbons (Fsp3) is 0.538. The molecule has 0 aromatic heterocycles. The van der Waals surface area contributed by atoms with Gasteiger partial charge in [-0.1, -0.05) is 13.0 Å². The zero-order chi connectivity index (χ0) is 11.8. The van der Waals surface area contributed by atoms with Gasteiger partial charge in [0.1, 0.15) is 5.75 Å². The molecule has 0 aliphatic rings. The Kier molecular flexibility index (Phi) is 5.72. The number of rotatable bonds is 7. The zero-order valence-corrected chi connectivity index (χ0v) is 10.1. The van der Waals surface area contributed by atoms with E-state index in [0.717, 1.165) is 37.2 Å². The molecule has 0 saturated carbocycles. The van der Waals surface area contributed by atoms with Crippen LogP contribution in [0.2, 0.25) is 0 Å². The van der Waals surface area contributed by atoms with Crippen LogP contribution in [0.15, 0.2) is 18.2 Å². The molecule has 2 N–H and O–H groups in total. The number of anilines is 1. The van der Waals surface area contributed by atoms with E-state index in [-0.39, 0.29) is 6.61 Å². The molecular weight excluding hydrogens is 202 g/mol. The lowest BCUT2D eigenvalue weighted by atomic mass is 10.1. The van der Waals surface area contributed by atoms with Gasteiger partial charge in [-0.15, -0.1) is 0 Å². The van der Waals surface area contributed by atoms with E-state index in [2.05, 4.69) is 24.4 Å². The number of aliphatic hydroxyl groups excluding tert-OH is 1. The minimum atomic E-state index is 0.258. The Morgan fingerprint density at radius 1 is 1.31 bits per heavy atom. The fourth-order valence-corrected chi connectivity index (χ4v) is 1.57. The molecule has 1 aromatic carbocycles. The summed E-state index contributed by atoms with van der Waals surface area (Å²) >= 11 is 0. The number of unbranched alkanes of at least 4 members (excludes halogenated alkanes) is 1. The van der Waals surface area contributed by atoms with Crippen molar-refractivity contribution in [3.63, 3.8) is 0 Å². The highest BCUT2D eigenvalue weighted by molar-refractivity contribution is 5.58. The van der Waals surface area contributed by atoms with Crippen molar-refractivity contribution in [2.24, 2.45) is 0 Å². The minimum absolute atomic E-state index is 0.258. The zero-order valence-electron chi connectivity index (χ0n) is 10.1. The Morgan fingerprint density at radius 2 is 2.12 bits per heavy atom. The van der Waals surface area contributed by atoms with Gasteiger partial charge < -0.3 is 15.2 Å². The van der Waals surface area contributed by atoms with Crippen molar-refractivity contribution < 1.29 is 9.84 Å². The van der Waals surface area contributed by atoms with Gasteiger partial charge in [-0.25, -0.2) is 0 Å². The van der Waals surface area contributed by atoms with Crippen LogP contribution in [0.3, 0.4) is 0 Å². The second-order valence-electron chi connectivity index (χ2n) is 3.75. The highest BCUT2D eigenvalue weighted by Crippen LogP contribution is 2.25. The Hall–Kier alpha value is -1.22. The highest BCUT2D eigenvalue weighted by atomic mass is 16.5. The molecule has 0 amide bonds. The number of benzene rings is 1. The summed E-state index contributed by atoms with van der Waals surface area (Å²) in [5.41, 5.74) is 2.34. The summed E-state index contributed by atoms with van der Waals surface area (Å²) < 4.78 is 5.29. The summed E-state index contributed by atoms with van der Waals surface area (Å²) in [7, 11) is 1.68. The molecule has 0 heterocycles. The molecule has 16 heavy (non-hydrogen) atoms. The first-order valence-electron chi connectivity index (χ1n) is 5.83. The monoisotopic (exact) mass is 223 g/mol. The van der Waals surface area contributed by atoms with E-state index in [1.165, 1.54) is 5.56 Å². The molecular formula is C13H21NO2. The van der Waals surface area contributed by atoms with E-state index in [0.29, 0.717) is 0 Å². The molecule has 0 unspecified atom stereocenters. The van der Waals surface area contributed by atoms with Crippen LogP contribution in [-0.2, 0) is 6.42 Å². The quantitative estimate of drug-likeness (QED) is 0.698. The second kappa shape index (κ2) is 7.12. The molecule has 0 radical (unpaired) electrons. The molecule has 1 aromatic rings. The molecule has 3 nitrogen and oxygen atoms in total. The smallest absolute Gasteiger partial charge is 0.141 e. The van der Waals surface area contributed by atoms with E-state index < -0.39 is 0 Å². The molecule has 0 aliphatic carbocycles. The molecule has 1 rings (SSSR count). The van der Waals surface area contributed by atoms with Crippen molar-refractivity contribution in [1.29, 1.82) is 0 Å². The van der Waals surface area contributed by atoms with Crippen LogP contribution in [0.1, 0.15) is 25.3 Å². The van der Waals surface area contributed by atoms with E-state index in [1.807, 2.05) is 6.07 Å². The van der Waals surface area contributed by atoms with E-state index in [9.17, 15) is 0 Å². The largest absolute Gasteiger partial charge is 0.495 e. The van der Waals surface area contributed by atoms with Gasteiger partial charge in [-0.2, -0.15) is 0 Å². The predicted molar refractivity (Wildman–Crippen MR) is 67.2 cm³/mol. The summed E-state index contributed by atoms with van der Waals surface area (Å²) in [5, 5.41) is 12.0. The van der Waals surface area contributed by atoms with Gasteiger partial charge >= 0.3 is 0 Å². The maximum Gasteiger partial charge on any atom is 0.141 e. The van der Waals surface area contributed by atoms with Gasteiger partial charge in [0.15, 0.2) is 0 Å². The number of hydrogen-bond donors (Lipinski definition) is 2. The van der Waals surface area contributed by atoms with Crippen molar-refractivity contribution in [3.8, 4) is 5.75 Å². The van der Waals surface area contributed by atoms with Gasteiger partial charge in [0, 0.05) is 13.2 Å². The third-order valence-corrected chi connectivity index (χ3v) is 2.57. The highest BCUT2D eigenvalue weighted by Gasteiger charge is 2.02. The fourth-order valence-electron chi connectivity index (χ4n) is 1.57. The minimum Gasteiger partial charge on any atom is -0.495 e. The molecule has 0 bridgehead atoms. The van der Waals surface area contributed by atoms with Crippen molar-refractivity contribution in [3.05, 3.63) is 23.8 Å². The maximum atomic E-state index is 8.69. The number of nitrogens with one attached hydrogen (secondary N) is 1. The number of aliphatic hydroxyl groups is 1. The summed E-state index contributed by atoms with van der Waals surface area (Å²) in [6, 6.07) is 6.20. The molecule has 0 saturated heterocycles. The maximum absolute atomic E-state index is 8.69. The van der Waals surface area contributed by atoms with Gasteiger partial charge in [0.25, 0.3) is 0 Å². The van der Waals surface area contributed by atoms with Gasteiger partial charge in [0.2, 0.25) is 0 Å². The Labute approximate surface area is 97.4 Å². The average molecular weight is 223 g/mol. The standard InChI is InChI=1S/C13H21NO2/c1-3-11-6-7-13(16-2)12(10-11)14-8-4-5-9-15/h6-7,10,14-15H,3-5,8-9H2,1-2H3. The van der Waals surface area contributed by atoms with Crippen molar-refractivity contribution in [2.75, 3.05) is 25.6 Å². The lowest BCUT2D eigenvalue weighted by Crippen LogP contribution is -2.04. The molecule has 0 aliphatic heterocycles. The number of ether oxygens (including phenoxy) is 1. The van der Waals surface area contributed by atoms with Crippen molar-refractivity contribution >= 4 is 5.69 Å². The van der Waals surface area contributed by atoms with Crippen LogP contribution in [0.25, 0.3) is 0 Å². The van der Waals surface area contributed by atoms with Crippen molar-refractivity contribution in [1.82, 2.24) is 0 Å². The molecule has 0 atom stereocenters. The molecule has 3 heteroatoms. The number of methoxy groups -OCH3 is 1. The lowest BCUT2D eigenvalue weighted by molar-refractivity contribution is 0.286. The third kappa shape index (κ3) is 3.74. The van der Waals surface area contributed by atoms with E-state index >= 15 is 0 Å². The van der Waals surface area contributed by atoms with Gasteiger partial charge in [0.05, 0.1) is 12.8 Å². The van der Waals surface area contributed by atoms with Crippen molar-refractivity contribution in [2.45, 2.75) is 26.2 Å². The number of aryl methyl sites for hydroxylation is 1.